The van der Waals surface area contributed by atoms with Crippen LogP contribution in [0.15, 0.2) is 86.0 Å². The standard InChI is InChI=1S/C66H12F30O3S3/c67-37-31(38(68)50(80)61(91)49(37)79)25-13-1-2-14(97-13)26(32-39(69)51(81)62(92)52(82)40(32)70)20-9-10-22(101-20)28(34-43(73)55(85)64(94)56(86)44(34)74)16-5-6-18(99-16)30(36-47(77)59(89)66(96)60(90)48(36)78)24-12-11-23(102-24)29(35-45(75)57(87)65(95)58(88)46(35)76)17-4-3-15(98-17)27(21-8-7-19(25)100-21)33-41(71)53(83)63(93)54(84)42(33)72/h1-12H. The smallest absolute Gasteiger partial charge is 0.200 e. The molecular weight excluding hydrogens is 1510 g/mol. The van der Waals surface area contributed by atoms with Crippen molar-refractivity contribution in [3.8, 4) is 66.8 Å². The van der Waals surface area contributed by atoms with Gasteiger partial charge in [-0.15, -0.1) is 34.0 Å². The highest BCUT2D eigenvalue weighted by atomic mass is 32.1. The van der Waals surface area contributed by atoms with Crippen molar-refractivity contribution in [3.63, 3.8) is 0 Å². The van der Waals surface area contributed by atoms with E-state index in [4.69, 9.17) is 13.3 Å². The van der Waals surface area contributed by atoms with Crippen LogP contribution in [-0.2, 0) is 0 Å². The minimum Gasteiger partial charge on any atom is -0.456 e. The number of benzene rings is 6. The lowest BCUT2D eigenvalue weighted by molar-refractivity contribution is 0.381. The van der Waals surface area contributed by atoms with Crippen molar-refractivity contribution < 1.29 is 145 Å². The van der Waals surface area contributed by atoms with Gasteiger partial charge in [-0.3, -0.25) is 0 Å². The van der Waals surface area contributed by atoms with Crippen LogP contribution in [0.1, 0.15) is 0 Å². The summed E-state index contributed by atoms with van der Waals surface area (Å²) in [6.45, 7) is 0. The molecule has 36 heteroatoms. The predicted octanol–water partition coefficient (Wildman–Crippen LogP) is 25.1. The maximum atomic E-state index is 16.5. The quantitative estimate of drug-likeness (QED) is 0.0946. The second-order valence-corrected chi connectivity index (χ2v) is 24.2. The highest BCUT2D eigenvalue weighted by Gasteiger charge is 2.37. The zero-order valence-corrected chi connectivity index (χ0v) is 50.2. The average Bonchev–Trinajstić information content (AvgIpc) is 1.59. The van der Waals surface area contributed by atoms with E-state index in [9.17, 15) is 26.3 Å². The summed E-state index contributed by atoms with van der Waals surface area (Å²) in [5.41, 5.74) is -31.0. The summed E-state index contributed by atoms with van der Waals surface area (Å²) in [4.78, 5) is 0. The lowest BCUT2D eigenvalue weighted by Gasteiger charge is -2.10. The SMILES string of the molecule is Fc1c(F)c(F)c(-c2c3ccc(o3)c(-c3c(F)c(F)c(F)c(F)c3F)c3ccc(s3)c(-c3c(F)c(F)c(F)c(F)c3F)c3ccc(o3)c(-c3c(F)c(F)c(F)c(F)c3F)c3ccc(s3)c(-c3c(F)c(F)c(F)c(F)c3F)c3ccc(o3)c(-c3c(F)c(F)c(F)c(F)c3F)c3ccc2s3)c(F)c1F. The van der Waals surface area contributed by atoms with Crippen LogP contribution in [-0.4, -0.2) is 0 Å². The Bertz CT molecular complexity index is 4900. The molecule has 0 N–H and O–H groups in total. The first-order valence-electron chi connectivity index (χ1n) is 27.1. The fourth-order valence-electron chi connectivity index (χ4n) is 10.8. The zero-order chi connectivity index (χ0) is 73.9. The van der Waals surface area contributed by atoms with Crippen LogP contribution in [0.2, 0.25) is 0 Å². The van der Waals surface area contributed by atoms with Gasteiger partial charge in [0, 0.05) is 61.6 Å². The van der Waals surface area contributed by atoms with Gasteiger partial charge >= 0.3 is 0 Å². The van der Waals surface area contributed by atoms with Crippen LogP contribution in [0, 0.1) is 175 Å². The number of hydrogen-bond donors (Lipinski definition) is 0. The van der Waals surface area contributed by atoms with Crippen LogP contribution >= 0.6 is 34.0 Å². The Hall–Kier alpha value is -10.6. The molecule has 13 aromatic rings. The van der Waals surface area contributed by atoms with Crippen molar-refractivity contribution >= 4 is 95.7 Å². The molecule has 13 rings (SSSR count). The number of fused-ring (bicyclic) bond motifs is 12. The highest BCUT2D eigenvalue weighted by molar-refractivity contribution is 7.25. The van der Waals surface area contributed by atoms with E-state index in [1.807, 2.05) is 0 Å². The van der Waals surface area contributed by atoms with Crippen LogP contribution < -0.4 is 0 Å². The lowest BCUT2D eigenvalue weighted by Crippen LogP contribution is -2.04. The van der Waals surface area contributed by atoms with Gasteiger partial charge in [0.15, 0.2) is 140 Å². The second-order valence-electron chi connectivity index (χ2n) is 20.9. The first kappa shape index (κ1) is 69.8. The van der Waals surface area contributed by atoms with Gasteiger partial charge < -0.3 is 13.3 Å². The summed E-state index contributed by atoms with van der Waals surface area (Å²) in [6.07, 6.45) is 0. The maximum Gasteiger partial charge on any atom is 0.200 e. The van der Waals surface area contributed by atoms with E-state index in [0.717, 1.165) is 0 Å². The second kappa shape index (κ2) is 25.2. The van der Waals surface area contributed by atoms with Crippen LogP contribution in [0.3, 0.4) is 0 Å². The number of halogens is 30. The molecule has 0 unspecified atom stereocenters. The van der Waals surface area contributed by atoms with E-state index in [0.29, 0.717) is 72.8 Å². The molecule has 3 nitrogen and oxygen atoms in total. The number of rotatable bonds is 6. The molecule has 0 atom stereocenters. The van der Waals surface area contributed by atoms with Gasteiger partial charge in [0.2, 0.25) is 34.9 Å². The van der Waals surface area contributed by atoms with Gasteiger partial charge in [-0.2, -0.15) is 0 Å². The molecule has 522 valence electrons. The Kier molecular flexibility index (Phi) is 17.2. The number of furan rings is 3. The third-order valence-electron chi connectivity index (χ3n) is 15.4. The molecule has 0 spiro atoms. The minimum atomic E-state index is -2.91. The van der Waals surface area contributed by atoms with Gasteiger partial charge in [-0.05, 0) is 72.8 Å². The molecule has 0 saturated carbocycles. The van der Waals surface area contributed by atoms with Crippen LogP contribution in [0.4, 0.5) is 132 Å². The lowest BCUT2D eigenvalue weighted by atomic mass is 10.0. The van der Waals surface area contributed by atoms with Crippen molar-refractivity contribution in [1.82, 2.24) is 0 Å². The Labute approximate surface area is 552 Å². The number of hydrogen-bond acceptors (Lipinski definition) is 6. The molecular formula is C66H12F30O3S3. The molecule has 7 heterocycles. The molecule has 0 amide bonds. The molecule has 7 aromatic heterocycles. The molecule has 0 aliphatic rings. The third kappa shape index (κ3) is 10.4. The summed E-state index contributed by atoms with van der Waals surface area (Å²) in [5.74, 6) is -85.7. The first-order chi connectivity index (χ1) is 48.1. The van der Waals surface area contributed by atoms with Crippen LogP contribution in [0.5, 0.6) is 0 Å². The Morgan fingerprint density at radius 3 is 0.333 bits per heavy atom. The maximum absolute atomic E-state index is 16.5. The fourth-order valence-corrected chi connectivity index (χ4v) is 14.1. The molecule has 12 bridgehead atoms. The predicted molar refractivity (Wildman–Crippen MR) is 306 cm³/mol. The van der Waals surface area contributed by atoms with Gasteiger partial charge in [0.05, 0.1) is 33.4 Å². The van der Waals surface area contributed by atoms with Gasteiger partial charge in [0.1, 0.15) is 33.5 Å². The van der Waals surface area contributed by atoms with E-state index in [1.165, 1.54) is 0 Å². The van der Waals surface area contributed by atoms with E-state index in [-0.39, 0.29) is 34.0 Å². The zero-order valence-electron chi connectivity index (χ0n) is 47.7. The Morgan fingerprint density at radius 2 is 0.225 bits per heavy atom. The van der Waals surface area contributed by atoms with E-state index >= 15 is 105 Å². The summed E-state index contributed by atoms with van der Waals surface area (Å²) in [6, 6.07) is 4.76. The van der Waals surface area contributed by atoms with Gasteiger partial charge in [-0.1, -0.05) is 0 Å². The number of thiophene rings is 3. The molecule has 6 aromatic carbocycles. The Balaban J connectivity index is 1.35. The summed E-state index contributed by atoms with van der Waals surface area (Å²) in [7, 11) is 0. The first-order valence-corrected chi connectivity index (χ1v) is 29.5. The summed E-state index contributed by atoms with van der Waals surface area (Å²) < 4.78 is 483. The molecule has 0 saturated heterocycles. The van der Waals surface area contributed by atoms with Crippen molar-refractivity contribution in [2.75, 3.05) is 0 Å². The summed E-state index contributed by atoms with van der Waals surface area (Å²) in [5, 5.41) is 0. The Morgan fingerprint density at radius 1 is 0.127 bits per heavy atom. The minimum absolute atomic E-state index is 0.302. The van der Waals surface area contributed by atoms with Crippen molar-refractivity contribution in [2.45, 2.75) is 0 Å². The van der Waals surface area contributed by atoms with Crippen molar-refractivity contribution in [2.24, 2.45) is 0 Å². The average molecular weight is 1520 g/mol. The molecule has 102 heavy (non-hydrogen) atoms. The van der Waals surface area contributed by atoms with Crippen molar-refractivity contribution in [3.05, 3.63) is 247 Å². The molecule has 0 radical (unpaired) electrons. The third-order valence-corrected chi connectivity index (χ3v) is 18.7. The molecule has 0 aliphatic heterocycles. The topological polar surface area (TPSA) is 39.4 Å². The van der Waals surface area contributed by atoms with E-state index < -0.39 is 303 Å². The highest BCUT2D eigenvalue weighted by Crippen LogP contribution is 2.51. The monoisotopic (exact) mass is 1520 g/mol. The fraction of sp³-hybridized carbons (Fsp3) is 0. The largest absolute Gasteiger partial charge is 0.456 e. The van der Waals surface area contributed by atoms with E-state index in [1.54, 1.807) is 0 Å². The normalized spacial score (nSPS) is 11.8. The summed E-state index contributed by atoms with van der Waals surface area (Å²) >= 11 is -0.907. The molecule has 0 aliphatic carbocycles. The molecule has 0 fully saturated rings. The van der Waals surface area contributed by atoms with Gasteiger partial charge in [-0.25, -0.2) is 132 Å². The van der Waals surface area contributed by atoms with Crippen molar-refractivity contribution in [1.29, 1.82) is 0 Å². The van der Waals surface area contributed by atoms with E-state index in [2.05, 4.69) is 0 Å². The van der Waals surface area contributed by atoms with Crippen LogP contribution in [0.25, 0.3) is 128 Å². The van der Waals surface area contributed by atoms with Gasteiger partial charge in [0.25, 0.3) is 0 Å².